The van der Waals surface area contributed by atoms with E-state index in [4.69, 9.17) is 4.74 Å². The highest BCUT2D eigenvalue weighted by Crippen LogP contribution is 2.26. The summed E-state index contributed by atoms with van der Waals surface area (Å²) in [4.78, 5) is 17.1. The maximum Gasteiger partial charge on any atom is 0.231 e. The van der Waals surface area contributed by atoms with Crippen LogP contribution in [0.15, 0.2) is 35.7 Å². The van der Waals surface area contributed by atoms with Gasteiger partial charge >= 0.3 is 0 Å². The van der Waals surface area contributed by atoms with Gasteiger partial charge in [-0.2, -0.15) is 5.10 Å². The summed E-state index contributed by atoms with van der Waals surface area (Å²) in [7, 11) is 1.83. The number of carbonyl (C=O) groups excluding carboxylic acids is 1. The van der Waals surface area contributed by atoms with E-state index in [1.54, 1.807) is 4.68 Å². The normalized spacial score (nSPS) is 11.5. The van der Waals surface area contributed by atoms with Crippen molar-refractivity contribution in [1.82, 2.24) is 14.8 Å². The first-order valence-corrected chi connectivity index (χ1v) is 10.2. The van der Waals surface area contributed by atoms with Crippen molar-refractivity contribution < 1.29 is 9.53 Å². The average molecular weight is 399 g/mol. The highest BCUT2D eigenvalue weighted by molar-refractivity contribution is 7.13. The van der Waals surface area contributed by atoms with Gasteiger partial charge in [-0.15, -0.1) is 11.3 Å². The lowest BCUT2D eigenvalue weighted by atomic mass is 9.92. The fourth-order valence-electron chi connectivity index (χ4n) is 2.68. The number of nitrogens with one attached hydrogen (secondary N) is 1. The fraction of sp³-hybridized carbons (Fsp3) is 0.381. The van der Waals surface area contributed by atoms with Crippen molar-refractivity contribution in [2.75, 3.05) is 11.9 Å². The van der Waals surface area contributed by atoms with E-state index in [1.165, 1.54) is 11.3 Å². The van der Waals surface area contributed by atoms with Crippen molar-refractivity contribution in [3.8, 4) is 16.3 Å². The van der Waals surface area contributed by atoms with Gasteiger partial charge < -0.3 is 10.1 Å². The average Bonchev–Trinajstić information content (AvgIpc) is 3.23. The van der Waals surface area contributed by atoms with Gasteiger partial charge in [0.25, 0.3) is 0 Å². The first-order chi connectivity index (χ1) is 13.3. The van der Waals surface area contributed by atoms with Crippen LogP contribution >= 0.6 is 11.3 Å². The van der Waals surface area contributed by atoms with Crippen molar-refractivity contribution in [3.05, 3.63) is 47.1 Å². The summed E-state index contributed by atoms with van der Waals surface area (Å²) >= 11 is 1.53. The Kier molecular flexibility index (Phi) is 5.84. The summed E-state index contributed by atoms with van der Waals surface area (Å²) in [5, 5.41) is 10.2. The summed E-state index contributed by atoms with van der Waals surface area (Å²) in [6.07, 6.45) is 0.226. The number of carbonyl (C=O) groups is 1. The molecular formula is C21H26N4O2S. The number of thiazole rings is 1. The molecule has 0 spiro atoms. The number of hydrogen-bond acceptors (Lipinski definition) is 5. The molecule has 0 saturated carbocycles. The van der Waals surface area contributed by atoms with E-state index >= 15 is 0 Å². The molecule has 3 aromatic rings. The summed E-state index contributed by atoms with van der Waals surface area (Å²) < 4.78 is 7.17. The van der Waals surface area contributed by atoms with Crippen LogP contribution in [0.1, 0.15) is 39.1 Å². The third kappa shape index (κ3) is 4.78. The Morgan fingerprint density at radius 1 is 1.25 bits per heavy atom. The van der Waals surface area contributed by atoms with Crippen LogP contribution in [0.25, 0.3) is 10.6 Å². The second-order valence-corrected chi connectivity index (χ2v) is 8.47. The first kappa shape index (κ1) is 20.1. The van der Waals surface area contributed by atoms with Gasteiger partial charge in [-0.25, -0.2) is 4.98 Å². The minimum Gasteiger partial charge on any atom is -0.494 e. The topological polar surface area (TPSA) is 69.0 Å². The van der Waals surface area contributed by atoms with Crippen LogP contribution in [0.2, 0.25) is 0 Å². The number of aromatic nitrogens is 3. The molecule has 1 aromatic carbocycles. The molecule has 0 unspecified atom stereocenters. The van der Waals surface area contributed by atoms with Crippen LogP contribution in [-0.2, 0) is 23.7 Å². The summed E-state index contributed by atoms with van der Waals surface area (Å²) in [6, 6.07) is 9.75. The Hall–Kier alpha value is -2.67. The van der Waals surface area contributed by atoms with Gasteiger partial charge in [-0.1, -0.05) is 20.8 Å². The van der Waals surface area contributed by atoms with Gasteiger partial charge in [0.2, 0.25) is 5.91 Å². The number of amides is 1. The SMILES string of the molecule is CCOc1ccc(-c2nc(CC(=O)Nc3cc(C(C)(C)C)nn3C)cs2)cc1. The van der Waals surface area contributed by atoms with Gasteiger partial charge in [0.15, 0.2) is 0 Å². The molecule has 2 heterocycles. The molecule has 3 rings (SSSR count). The van der Waals surface area contributed by atoms with Crippen LogP contribution in [0.3, 0.4) is 0 Å². The molecule has 7 heteroatoms. The van der Waals surface area contributed by atoms with Gasteiger partial charge in [-0.3, -0.25) is 9.48 Å². The minimum absolute atomic E-state index is 0.0672. The van der Waals surface area contributed by atoms with E-state index in [0.717, 1.165) is 27.7 Å². The Balaban J connectivity index is 1.65. The molecule has 28 heavy (non-hydrogen) atoms. The van der Waals surface area contributed by atoms with E-state index in [2.05, 4.69) is 36.2 Å². The molecular weight excluding hydrogens is 372 g/mol. The van der Waals surface area contributed by atoms with E-state index in [-0.39, 0.29) is 17.7 Å². The molecule has 0 aliphatic rings. The molecule has 1 N–H and O–H groups in total. The lowest BCUT2D eigenvalue weighted by Gasteiger charge is -2.13. The molecule has 0 aliphatic heterocycles. The van der Waals surface area contributed by atoms with E-state index in [0.29, 0.717) is 12.4 Å². The van der Waals surface area contributed by atoms with Gasteiger partial charge in [0.05, 0.1) is 24.4 Å². The van der Waals surface area contributed by atoms with Crippen molar-refractivity contribution >= 4 is 23.1 Å². The molecule has 0 saturated heterocycles. The quantitative estimate of drug-likeness (QED) is 0.667. The Morgan fingerprint density at radius 2 is 1.96 bits per heavy atom. The van der Waals surface area contributed by atoms with Crippen molar-refractivity contribution in [2.24, 2.45) is 7.05 Å². The lowest BCUT2D eigenvalue weighted by molar-refractivity contribution is -0.115. The second-order valence-electron chi connectivity index (χ2n) is 7.61. The number of hydrogen-bond donors (Lipinski definition) is 1. The first-order valence-electron chi connectivity index (χ1n) is 9.28. The van der Waals surface area contributed by atoms with Crippen molar-refractivity contribution in [2.45, 2.75) is 39.5 Å². The predicted octanol–water partition coefficient (Wildman–Crippen LogP) is 4.42. The van der Waals surface area contributed by atoms with Crippen LogP contribution in [0, 0.1) is 0 Å². The van der Waals surface area contributed by atoms with Crippen LogP contribution in [0.5, 0.6) is 5.75 Å². The highest BCUT2D eigenvalue weighted by Gasteiger charge is 2.20. The maximum atomic E-state index is 12.5. The number of nitrogens with zero attached hydrogens (tertiary/aromatic N) is 3. The van der Waals surface area contributed by atoms with E-state index in [1.807, 2.05) is 49.7 Å². The van der Waals surface area contributed by atoms with Crippen molar-refractivity contribution in [1.29, 1.82) is 0 Å². The smallest absolute Gasteiger partial charge is 0.231 e. The summed E-state index contributed by atoms with van der Waals surface area (Å²) in [5.41, 5.74) is 2.64. The fourth-order valence-corrected chi connectivity index (χ4v) is 3.51. The monoisotopic (exact) mass is 398 g/mol. The Morgan fingerprint density at radius 3 is 2.57 bits per heavy atom. The molecule has 0 bridgehead atoms. The van der Waals surface area contributed by atoms with E-state index < -0.39 is 0 Å². The maximum absolute atomic E-state index is 12.5. The third-order valence-corrected chi connectivity index (χ3v) is 5.16. The molecule has 2 aromatic heterocycles. The zero-order valence-corrected chi connectivity index (χ0v) is 17.8. The molecule has 6 nitrogen and oxygen atoms in total. The number of rotatable bonds is 6. The second kappa shape index (κ2) is 8.14. The van der Waals surface area contributed by atoms with Crippen LogP contribution in [-0.4, -0.2) is 27.3 Å². The molecule has 1 amide bonds. The Bertz CT molecular complexity index is 952. The van der Waals surface area contributed by atoms with Crippen molar-refractivity contribution in [3.63, 3.8) is 0 Å². The largest absolute Gasteiger partial charge is 0.494 e. The highest BCUT2D eigenvalue weighted by atomic mass is 32.1. The molecule has 0 aliphatic carbocycles. The Labute approximate surface area is 169 Å². The van der Waals surface area contributed by atoms with Gasteiger partial charge in [-0.05, 0) is 31.2 Å². The molecule has 0 fully saturated rings. The summed E-state index contributed by atoms with van der Waals surface area (Å²) in [5.74, 6) is 1.43. The van der Waals surface area contributed by atoms with Crippen LogP contribution < -0.4 is 10.1 Å². The molecule has 0 radical (unpaired) electrons. The molecule has 0 atom stereocenters. The zero-order chi connectivity index (χ0) is 20.3. The summed E-state index contributed by atoms with van der Waals surface area (Å²) in [6.45, 7) is 8.89. The zero-order valence-electron chi connectivity index (χ0n) is 16.9. The molecule has 148 valence electrons. The number of aryl methyl sites for hydroxylation is 1. The predicted molar refractivity (Wildman–Crippen MR) is 113 cm³/mol. The number of anilines is 1. The minimum atomic E-state index is -0.105. The lowest BCUT2D eigenvalue weighted by Crippen LogP contribution is -2.16. The third-order valence-electron chi connectivity index (χ3n) is 4.22. The standard InChI is InChI=1S/C21H26N4O2S/c1-6-27-16-9-7-14(8-10-16)20-22-15(13-28-20)11-19(26)23-18-12-17(21(2,3)4)24-25(18)5/h7-10,12-13H,6,11H2,1-5H3,(H,23,26). The number of ether oxygens (including phenoxy) is 1. The number of benzene rings is 1. The van der Waals surface area contributed by atoms with Gasteiger partial charge in [0, 0.05) is 29.5 Å². The van der Waals surface area contributed by atoms with Crippen LogP contribution in [0.4, 0.5) is 5.82 Å². The van der Waals surface area contributed by atoms with Gasteiger partial charge in [0.1, 0.15) is 16.6 Å². The van der Waals surface area contributed by atoms with E-state index in [9.17, 15) is 4.79 Å².